The molecule has 0 saturated carbocycles. The number of nitrogens with zero attached hydrogens (tertiary/aromatic N) is 1. The van der Waals surface area contributed by atoms with E-state index >= 15 is 0 Å². The fraction of sp³-hybridized carbons (Fsp3) is 0.462. The molecule has 0 radical (unpaired) electrons. The number of aliphatic hydroxyl groups excluding tert-OH is 1. The molecule has 94 valence electrons. The summed E-state index contributed by atoms with van der Waals surface area (Å²) in [6.45, 7) is 4.47. The second kappa shape index (κ2) is 6.25. The van der Waals surface area contributed by atoms with Crippen LogP contribution in [0.15, 0.2) is 24.3 Å². The molecule has 0 bridgehead atoms. The Kier molecular flexibility index (Phi) is 4.97. The third kappa shape index (κ3) is 3.75. The molecule has 1 aromatic carbocycles. The Morgan fingerprint density at radius 3 is 2.65 bits per heavy atom. The summed E-state index contributed by atoms with van der Waals surface area (Å²) in [6, 6.07) is 7.55. The van der Waals surface area contributed by atoms with E-state index in [1.54, 1.807) is 7.05 Å². The molecular weight excluding hydrogens is 216 g/mol. The summed E-state index contributed by atoms with van der Waals surface area (Å²) in [6.07, 6.45) is 0. The highest BCUT2D eigenvalue weighted by Crippen LogP contribution is 2.23. The number of urea groups is 1. The molecule has 2 amide bonds. The van der Waals surface area contributed by atoms with Gasteiger partial charge < -0.3 is 15.3 Å². The van der Waals surface area contributed by atoms with E-state index in [1.165, 1.54) is 4.90 Å². The normalized spacial score (nSPS) is 10.4. The Bertz CT molecular complexity index is 377. The first-order valence-electron chi connectivity index (χ1n) is 5.78. The Hall–Kier alpha value is -1.55. The van der Waals surface area contributed by atoms with Crippen molar-refractivity contribution in [2.45, 2.75) is 19.8 Å². The van der Waals surface area contributed by atoms with Crippen LogP contribution in [0.1, 0.15) is 25.3 Å². The average molecular weight is 236 g/mol. The molecule has 4 heteroatoms. The molecule has 17 heavy (non-hydrogen) atoms. The maximum Gasteiger partial charge on any atom is 0.321 e. The van der Waals surface area contributed by atoms with Gasteiger partial charge in [-0.1, -0.05) is 32.0 Å². The van der Waals surface area contributed by atoms with Gasteiger partial charge in [-0.25, -0.2) is 4.79 Å². The van der Waals surface area contributed by atoms with Gasteiger partial charge in [-0.05, 0) is 17.5 Å². The highest BCUT2D eigenvalue weighted by molar-refractivity contribution is 5.90. The first-order chi connectivity index (χ1) is 8.06. The van der Waals surface area contributed by atoms with Crippen molar-refractivity contribution in [2.24, 2.45) is 0 Å². The van der Waals surface area contributed by atoms with Gasteiger partial charge in [0, 0.05) is 19.3 Å². The van der Waals surface area contributed by atoms with Crippen LogP contribution in [0.4, 0.5) is 10.5 Å². The largest absolute Gasteiger partial charge is 0.395 e. The molecule has 0 unspecified atom stereocenters. The summed E-state index contributed by atoms with van der Waals surface area (Å²) < 4.78 is 0. The Morgan fingerprint density at radius 1 is 1.41 bits per heavy atom. The van der Waals surface area contributed by atoms with Crippen molar-refractivity contribution in [2.75, 3.05) is 25.5 Å². The SMILES string of the molecule is CC(C)c1ccccc1NC(=O)N(C)CCO. The zero-order valence-corrected chi connectivity index (χ0v) is 10.6. The lowest BCUT2D eigenvalue weighted by atomic mass is 10.0. The van der Waals surface area contributed by atoms with Crippen LogP contribution in [-0.2, 0) is 0 Å². The zero-order valence-electron chi connectivity index (χ0n) is 10.6. The number of carbonyl (C=O) groups excluding carboxylic acids is 1. The van der Waals surface area contributed by atoms with Crippen molar-refractivity contribution in [3.63, 3.8) is 0 Å². The van der Waals surface area contributed by atoms with Crippen molar-refractivity contribution in [3.05, 3.63) is 29.8 Å². The highest BCUT2D eigenvalue weighted by atomic mass is 16.3. The average Bonchev–Trinajstić information content (AvgIpc) is 2.29. The van der Waals surface area contributed by atoms with E-state index in [0.717, 1.165) is 11.3 Å². The molecule has 0 saturated heterocycles. The fourth-order valence-electron chi connectivity index (χ4n) is 1.58. The first-order valence-corrected chi connectivity index (χ1v) is 5.78. The summed E-state index contributed by atoms with van der Waals surface area (Å²) in [5.74, 6) is 0.356. The lowest BCUT2D eigenvalue weighted by Gasteiger charge is -2.19. The van der Waals surface area contributed by atoms with E-state index in [2.05, 4.69) is 19.2 Å². The van der Waals surface area contributed by atoms with Gasteiger partial charge in [-0.15, -0.1) is 0 Å². The smallest absolute Gasteiger partial charge is 0.321 e. The monoisotopic (exact) mass is 236 g/mol. The molecule has 0 fully saturated rings. The van der Waals surface area contributed by atoms with Crippen molar-refractivity contribution in [3.8, 4) is 0 Å². The van der Waals surface area contributed by atoms with Gasteiger partial charge >= 0.3 is 6.03 Å². The van der Waals surface area contributed by atoms with E-state index in [9.17, 15) is 4.79 Å². The Labute approximate surface area is 102 Å². The first kappa shape index (κ1) is 13.5. The molecular formula is C13H20N2O2. The van der Waals surface area contributed by atoms with Crippen molar-refractivity contribution < 1.29 is 9.90 Å². The predicted molar refractivity (Wildman–Crippen MR) is 69.3 cm³/mol. The van der Waals surface area contributed by atoms with E-state index in [1.807, 2.05) is 24.3 Å². The molecule has 0 aromatic heterocycles. The molecule has 0 aliphatic rings. The molecule has 0 spiro atoms. The Morgan fingerprint density at radius 2 is 2.06 bits per heavy atom. The number of para-hydroxylation sites is 1. The van der Waals surface area contributed by atoms with Crippen LogP contribution in [0.3, 0.4) is 0 Å². The van der Waals surface area contributed by atoms with Crippen molar-refractivity contribution in [1.29, 1.82) is 0 Å². The topological polar surface area (TPSA) is 52.6 Å². The molecule has 1 rings (SSSR count). The predicted octanol–water partition coefficient (Wildman–Crippen LogP) is 2.27. The lowest BCUT2D eigenvalue weighted by Crippen LogP contribution is -2.33. The van der Waals surface area contributed by atoms with Crippen LogP contribution >= 0.6 is 0 Å². The van der Waals surface area contributed by atoms with Gasteiger partial charge in [0.1, 0.15) is 0 Å². The lowest BCUT2D eigenvalue weighted by molar-refractivity contribution is 0.202. The number of amides is 2. The van der Waals surface area contributed by atoms with Crippen LogP contribution in [0.25, 0.3) is 0 Å². The molecule has 0 aliphatic carbocycles. The standard InChI is InChI=1S/C13H20N2O2/c1-10(2)11-6-4-5-7-12(11)14-13(17)15(3)8-9-16/h4-7,10,16H,8-9H2,1-3H3,(H,14,17). The second-order valence-corrected chi connectivity index (χ2v) is 4.32. The number of likely N-dealkylation sites (N-methyl/N-ethyl adjacent to an activating group) is 1. The summed E-state index contributed by atoms with van der Waals surface area (Å²) in [5, 5.41) is 11.6. The zero-order chi connectivity index (χ0) is 12.8. The third-order valence-electron chi connectivity index (χ3n) is 2.61. The fourth-order valence-corrected chi connectivity index (χ4v) is 1.58. The number of carbonyl (C=O) groups is 1. The van der Waals surface area contributed by atoms with Crippen LogP contribution < -0.4 is 5.32 Å². The number of hydrogen-bond acceptors (Lipinski definition) is 2. The van der Waals surface area contributed by atoms with Gasteiger partial charge in [0.15, 0.2) is 0 Å². The van der Waals surface area contributed by atoms with Crippen LogP contribution in [0.2, 0.25) is 0 Å². The molecule has 2 N–H and O–H groups in total. The quantitative estimate of drug-likeness (QED) is 0.842. The summed E-state index contributed by atoms with van der Waals surface area (Å²) in [7, 11) is 1.66. The number of hydrogen-bond donors (Lipinski definition) is 2. The van der Waals surface area contributed by atoms with Gasteiger partial charge in [0.2, 0.25) is 0 Å². The van der Waals surface area contributed by atoms with Crippen molar-refractivity contribution >= 4 is 11.7 Å². The van der Waals surface area contributed by atoms with Crippen LogP contribution in [0.5, 0.6) is 0 Å². The van der Waals surface area contributed by atoms with Crippen molar-refractivity contribution in [1.82, 2.24) is 4.90 Å². The number of rotatable bonds is 4. The van der Waals surface area contributed by atoms with Gasteiger partial charge in [-0.3, -0.25) is 0 Å². The minimum absolute atomic E-state index is 0.0320. The van der Waals surface area contributed by atoms with Crippen LogP contribution in [-0.4, -0.2) is 36.2 Å². The van der Waals surface area contributed by atoms with E-state index in [-0.39, 0.29) is 12.6 Å². The number of benzene rings is 1. The van der Waals surface area contributed by atoms with Gasteiger partial charge in [-0.2, -0.15) is 0 Å². The van der Waals surface area contributed by atoms with Gasteiger partial charge in [0.05, 0.1) is 6.61 Å². The summed E-state index contributed by atoms with van der Waals surface area (Å²) in [5.41, 5.74) is 1.94. The molecule has 4 nitrogen and oxygen atoms in total. The minimum Gasteiger partial charge on any atom is -0.395 e. The minimum atomic E-state index is -0.202. The molecule has 0 atom stereocenters. The summed E-state index contributed by atoms with van der Waals surface area (Å²) in [4.78, 5) is 13.2. The maximum absolute atomic E-state index is 11.8. The third-order valence-corrected chi connectivity index (χ3v) is 2.61. The molecule has 0 heterocycles. The molecule has 1 aromatic rings. The maximum atomic E-state index is 11.8. The molecule has 0 aliphatic heterocycles. The number of nitrogens with one attached hydrogen (secondary N) is 1. The second-order valence-electron chi connectivity index (χ2n) is 4.32. The van der Waals surface area contributed by atoms with Crippen LogP contribution in [0, 0.1) is 0 Å². The number of anilines is 1. The Balaban J connectivity index is 2.77. The highest BCUT2D eigenvalue weighted by Gasteiger charge is 2.11. The van der Waals surface area contributed by atoms with E-state index in [4.69, 9.17) is 5.11 Å². The van der Waals surface area contributed by atoms with Gasteiger partial charge in [0.25, 0.3) is 0 Å². The van der Waals surface area contributed by atoms with E-state index in [0.29, 0.717) is 12.5 Å². The number of aliphatic hydroxyl groups is 1. The van der Waals surface area contributed by atoms with E-state index < -0.39 is 0 Å². The summed E-state index contributed by atoms with van der Waals surface area (Å²) >= 11 is 0.